The fraction of sp³-hybridized carbons (Fsp3) is 0.714. The molecule has 7 heavy (non-hydrogen) atoms. The second kappa shape index (κ2) is 0.683. The molecule has 0 amide bonds. The molecule has 0 aromatic carbocycles. The zero-order valence-electron chi connectivity index (χ0n) is 4.86. The number of hydrogen-bond donors (Lipinski definition) is 0. The second-order valence-corrected chi connectivity index (χ2v) is 3.32. The zero-order chi connectivity index (χ0) is 5.07. The maximum Gasteiger partial charge on any atom is -0.000646 e. The Morgan fingerprint density at radius 3 is 2.43 bits per heavy atom. The molecule has 2 aliphatic carbocycles. The third-order valence-corrected chi connectivity index (χ3v) is 2.18. The van der Waals surface area contributed by atoms with Crippen LogP contribution in [0.1, 0.15) is 20.3 Å². The van der Waals surface area contributed by atoms with Gasteiger partial charge >= 0.3 is 0 Å². The average molecular weight is 94.2 g/mol. The molecule has 2 rings (SSSR count). The lowest BCUT2D eigenvalue weighted by molar-refractivity contribution is 0.307. The first-order chi connectivity index (χ1) is 3.20. The largest absolute Gasteiger partial charge is 0.0770 e. The highest BCUT2D eigenvalue weighted by Crippen LogP contribution is 2.60. The molecule has 0 radical (unpaired) electrons. The summed E-state index contributed by atoms with van der Waals surface area (Å²) in [6.45, 7) is 4.64. The standard InChI is InChI=1S/C7H10/c1-7(2)4-5-3-6(5)7/h3,5H,4H2,1-2H3. The summed E-state index contributed by atoms with van der Waals surface area (Å²) >= 11 is 0. The van der Waals surface area contributed by atoms with E-state index < -0.39 is 0 Å². The van der Waals surface area contributed by atoms with E-state index in [0.29, 0.717) is 5.41 Å². The van der Waals surface area contributed by atoms with E-state index in [0.717, 1.165) is 5.92 Å². The molecular weight excluding hydrogens is 84.1 g/mol. The summed E-state index contributed by atoms with van der Waals surface area (Å²) in [5.74, 6) is 0.968. The highest BCUT2D eigenvalue weighted by molar-refractivity contribution is 5.43. The molecule has 0 spiro atoms. The minimum absolute atomic E-state index is 0.616. The number of allylic oxidation sites excluding steroid dienone is 2. The third-order valence-electron chi connectivity index (χ3n) is 2.18. The van der Waals surface area contributed by atoms with Gasteiger partial charge in [0.25, 0.3) is 0 Å². The molecule has 38 valence electrons. The highest BCUT2D eigenvalue weighted by atomic mass is 14.5. The number of rotatable bonds is 0. The van der Waals surface area contributed by atoms with Crippen LogP contribution in [-0.2, 0) is 0 Å². The van der Waals surface area contributed by atoms with Gasteiger partial charge in [-0.2, -0.15) is 0 Å². The Bertz CT molecular complexity index is 140. The summed E-state index contributed by atoms with van der Waals surface area (Å²) in [5, 5.41) is 0. The first kappa shape index (κ1) is 3.71. The lowest BCUT2D eigenvalue weighted by Crippen LogP contribution is -2.22. The lowest BCUT2D eigenvalue weighted by Gasteiger charge is -2.32. The minimum atomic E-state index is 0.616. The van der Waals surface area contributed by atoms with Crippen molar-refractivity contribution in [3.8, 4) is 0 Å². The number of fused-ring (bicyclic) bond motifs is 1. The molecule has 1 fully saturated rings. The SMILES string of the molecule is CC1(C)CC2C=C21. The Balaban J connectivity index is 2.27. The quantitative estimate of drug-likeness (QED) is 0.402. The van der Waals surface area contributed by atoms with Gasteiger partial charge in [0, 0.05) is 0 Å². The van der Waals surface area contributed by atoms with Crippen LogP contribution >= 0.6 is 0 Å². The molecule has 0 saturated heterocycles. The number of hydrogen-bond acceptors (Lipinski definition) is 0. The van der Waals surface area contributed by atoms with Crippen LogP contribution in [-0.4, -0.2) is 0 Å². The van der Waals surface area contributed by atoms with E-state index in [9.17, 15) is 0 Å². The molecule has 1 atom stereocenters. The van der Waals surface area contributed by atoms with Gasteiger partial charge in [0.15, 0.2) is 0 Å². The predicted molar refractivity (Wildman–Crippen MR) is 30.0 cm³/mol. The highest BCUT2D eigenvalue weighted by Gasteiger charge is 2.49. The molecule has 0 nitrogen and oxygen atoms in total. The molecule has 1 unspecified atom stereocenters. The normalized spacial score (nSPS) is 40.9. The van der Waals surface area contributed by atoms with E-state index in [1.807, 2.05) is 0 Å². The van der Waals surface area contributed by atoms with Gasteiger partial charge in [0.2, 0.25) is 0 Å². The molecule has 0 bridgehead atoms. The minimum Gasteiger partial charge on any atom is -0.0770 e. The van der Waals surface area contributed by atoms with Crippen molar-refractivity contribution in [3.05, 3.63) is 11.6 Å². The smallest absolute Gasteiger partial charge is 0.000646 e. The van der Waals surface area contributed by atoms with Crippen molar-refractivity contribution in [3.63, 3.8) is 0 Å². The third kappa shape index (κ3) is 0.287. The van der Waals surface area contributed by atoms with Crippen molar-refractivity contribution >= 4 is 0 Å². The summed E-state index contributed by atoms with van der Waals surface area (Å²) < 4.78 is 0. The Kier molecular flexibility index (Phi) is 0.362. The lowest BCUT2D eigenvalue weighted by atomic mass is 9.72. The summed E-state index contributed by atoms with van der Waals surface area (Å²) in [5.41, 5.74) is 2.33. The summed E-state index contributed by atoms with van der Waals surface area (Å²) in [6, 6.07) is 0. The summed E-state index contributed by atoms with van der Waals surface area (Å²) in [7, 11) is 0. The molecule has 2 aliphatic rings. The predicted octanol–water partition coefficient (Wildman–Crippen LogP) is 1.97. The van der Waals surface area contributed by atoms with Gasteiger partial charge in [0.1, 0.15) is 0 Å². The van der Waals surface area contributed by atoms with Crippen LogP contribution in [0.25, 0.3) is 0 Å². The van der Waals surface area contributed by atoms with Gasteiger partial charge < -0.3 is 0 Å². The Labute approximate surface area is 44.2 Å². The summed E-state index contributed by atoms with van der Waals surface area (Å²) in [6.07, 6.45) is 3.81. The molecule has 0 aromatic rings. The van der Waals surface area contributed by atoms with Gasteiger partial charge in [-0.05, 0) is 17.8 Å². The van der Waals surface area contributed by atoms with Crippen LogP contribution in [0.5, 0.6) is 0 Å². The van der Waals surface area contributed by atoms with E-state index >= 15 is 0 Å². The Hall–Kier alpha value is -0.260. The van der Waals surface area contributed by atoms with Crippen molar-refractivity contribution in [1.29, 1.82) is 0 Å². The van der Waals surface area contributed by atoms with Gasteiger partial charge in [-0.3, -0.25) is 0 Å². The molecule has 0 aromatic heterocycles. The van der Waals surface area contributed by atoms with Crippen LogP contribution in [0.15, 0.2) is 11.6 Å². The fourth-order valence-corrected chi connectivity index (χ4v) is 1.60. The van der Waals surface area contributed by atoms with Gasteiger partial charge in [-0.25, -0.2) is 0 Å². The maximum atomic E-state index is 2.39. The van der Waals surface area contributed by atoms with Crippen molar-refractivity contribution in [1.82, 2.24) is 0 Å². The van der Waals surface area contributed by atoms with Gasteiger partial charge in [-0.15, -0.1) is 0 Å². The maximum absolute atomic E-state index is 2.39. The van der Waals surface area contributed by atoms with Crippen LogP contribution < -0.4 is 0 Å². The Morgan fingerprint density at radius 2 is 2.43 bits per heavy atom. The van der Waals surface area contributed by atoms with Crippen LogP contribution in [0.2, 0.25) is 0 Å². The van der Waals surface area contributed by atoms with E-state index in [1.165, 1.54) is 6.42 Å². The molecule has 0 aliphatic heterocycles. The van der Waals surface area contributed by atoms with E-state index in [4.69, 9.17) is 0 Å². The van der Waals surface area contributed by atoms with Crippen LogP contribution in [0.3, 0.4) is 0 Å². The van der Waals surface area contributed by atoms with E-state index in [2.05, 4.69) is 19.9 Å². The molecule has 0 heterocycles. The second-order valence-electron chi connectivity index (χ2n) is 3.32. The first-order valence-corrected chi connectivity index (χ1v) is 2.92. The molecule has 0 N–H and O–H groups in total. The Morgan fingerprint density at radius 1 is 1.71 bits per heavy atom. The van der Waals surface area contributed by atoms with Crippen molar-refractivity contribution in [2.75, 3.05) is 0 Å². The zero-order valence-corrected chi connectivity index (χ0v) is 4.86. The monoisotopic (exact) mass is 94.1 g/mol. The topological polar surface area (TPSA) is 0 Å². The van der Waals surface area contributed by atoms with Gasteiger partial charge in [-0.1, -0.05) is 25.5 Å². The van der Waals surface area contributed by atoms with E-state index in [1.54, 1.807) is 5.57 Å². The van der Waals surface area contributed by atoms with Gasteiger partial charge in [0.05, 0.1) is 0 Å². The van der Waals surface area contributed by atoms with Crippen molar-refractivity contribution < 1.29 is 0 Å². The van der Waals surface area contributed by atoms with Crippen LogP contribution in [0.4, 0.5) is 0 Å². The molecular formula is C7H10. The molecule has 1 saturated carbocycles. The first-order valence-electron chi connectivity index (χ1n) is 2.92. The van der Waals surface area contributed by atoms with Crippen LogP contribution in [0, 0.1) is 11.3 Å². The average Bonchev–Trinajstić information content (AvgIpc) is 2.13. The van der Waals surface area contributed by atoms with E-state index in [-0.39, 0.29) is 0 Å². The fourth-order valence-electron chi connectivity index (χ4n) is 1.60. The van der Waals surface area contributed by atoms with Crippen molar-refractivity contribution in [2.24, 2.45) is 11.3 Å². The van der Waals surface area contributed by atoms with Crippen molar-refractivity contribution in [2.45, 2.75) is 20.3 Å². The summed E-state index contributed by atoms with van der Waals surface area (Å²) in [4.78, 5) is 0. The molecule has 0 heteroatoms.